The van der Waals surface area contributed by atoms with Gasteiger partial charge in [-0.25, -0.2) is 4.90 Å². The predicted molar refractivity (Wildman–Crippen MR) is 123 cm³/mol. The van der Waals surface area contributed by atoms with Crippen molar-refractivity contribution in [1.82, 2.24) is 5.32 Å². The number of esters is 1. The molecule has 0 bridgehead atoms. The Labute approximate surface area is 197 Å². The molecule has 34 heavy (non-hydrogen) atoms. The number of benzene rings is 2. The van der Waals surface area contributed by atoms with Gasteiger partial charge >= 0.3 is 5.97 Å². The first kappa shape index (κ1) is 23.6. The van der Waals surface area contributed by atoms with Gasteiger partial charge in [0.25, 0.3) is 0 Å². The summed E-state index contributed by atoms with van der Waals surface area (Å²) in [6.45, 7) is 3.44. The molecule has 9 nitrogen and oxygen atoms in total. The topological polar surface area (TPSA) is 103 Å². The van der Waals surface area contributed by atoms with Crippen LogP contribution in [-0.2, 0) is 19.1 Å². The second-order valence-corrected chi connectivity index (χ2v) is 8.37. The number of hydrogen-bond donors (Lipinski definition) is 1. The van der Waals surface area contributed by atoms with E-state index >= 15 is 0 Å². The molecule has 9 heteroatoms. The van der Waals surface area contributed by atoms with Gasteiger partial charge in [-0.3, -0.25) is 19.7 Å². The van der Waals surface area contributed by atoms with Gasteiger partial charge in [-0.1, -0.05) is 6.07 Å². The van der Waals surface area contributed by atoms with Gasteiger partial charge in [0.05, 0.1) is 45.5 Å². The molecule has 2 aliphatic rings. The van der Waals surface area contributed by atoms with Crippen LogP contribution in [-0.4, -0.2) is 51.3 Å². The maximum Gasteiger partial charge on any atom is 0.326 e. The number of nitrogens with one attached hydrogen (secondary N) is 1. The van der Waals surface area contributed by atoms with Crippen LogP contribution in [0.3, 0.4) is 0 Å². The molecule has 2 aliphatic heterocycles. The molecular formula is C25H28N2O7. The summed E-state index contributed by atoms with van der Waals surface area (Å²) < 4.78 is 21.5. The van der Waals surface area contributed by atoms with E-state index in [1.807, 2.05) is 0 Å². The van der Waals surface area contributed by atoms with Gasteiger partial charge in [-0.15, -0.1) is 0 Å². The summed E-state index contributed by atoms with van der Waals surface area (Å²) in [7, 11) is 4.56. The molecule has 4 rings (SSSR count). The smallest absolute Gasteiger partial charge is 0.326 e. The summed E-state index contributed by atoms with van der Waals surface area (Å²) in [5, 5.41) is 3.25. The Balaban J connectivity index is 1.86. The largest absolute Gasteiger partial charge is 0.497 e. The molecule has 2 heterocycles. The molecule has 2 saturated heterocycles. The molecule has 2 fully saturated rings. The molecule has 2 aromatic rings. The van der Waals surface area contributed by atoms with Gasteiger partial charge in [0.1, 0.15) is 22.8 Å². The number of methoxy groups -OCH3 is 3. The fourth-order valence-corrected chi connectivity index (χ4v) is 4.96. The lowest BCUT2D eigenvalue weighted by Crippen LogP contribution is -2.54. The number of imide groups is 1. The summed E-state index contributed by atoms with van der Waals surface area (Å²) in [6.07, 6.45) is 0. The Morgan fingerprint density at radius 2 is 1.71 bits per heavy atom. The molecule has 0 radical (unpaired) electrons. The third-order valence-corrected chi connectivity index (χ3v) is 6.57. The molecular weight excluding hydrogens is 440 g/mol. The number of carbonyl (C=O) groups excluding carboxylic acids is 3. The first-order valence-corrected chi connectivity index (χ1v) is 11.0. The first-order valence-electron chi connectivity index (χ1n) is 11.0. The zero-order valence-corrected chi connectivity index (χ0v) is 19.8. The van der Waals surface area contributed by atoms with E-state index in [2.05, 4.69) is 5.32 Å². The highest BCUT2D eigenvalue weighted by Gasteiger charge is 2.67. The molecule has 0 aromatic heterocycles. The molecule has 2 amide bonds. The van der Waals surface area contributed by atoms with Crippen molar-refractivity contribution in [2.75, 3.05) is 32.8 Å². The average Bonchev–Trinajstić information content (AvgIpc) is 3.31. The van der Waals surface area contributed by atoms with Gasteiger partial charge < -0.3 is 18.9 Å². The van der Waals surface area contributed by atoms with Crippen molar-refractivity contribution < 1.29 is 33.3 Å². The number of fused-ring (bicyclic) bond motifs is 1. The Bertz CT molecular complexity index is 1130. The van der Waals surface area contributed by atoms with Gasteiger partial charge in [0, 0.05) is 17.7 Å². The summed E-state index contributed by atoms with van der Waals surface area (Å²) >= 11 is 0. The van der Waals surface area contributed by atoms with Crippen LogP contribution in [0.5, 0.6) is 17.2 Å². The van der Waals surface area contributed by atoms with E-state index in [1.54, 1.807) is 56.3 Å². The summed E-state index contributed by atoms with van der Waals surface area (Å²) in [6, 6.07) is 11.2. The zero-order chi connectivity index (χ0) is 24.6. The molecule has 0 spiro atoms. The van der Waals surface area contributed by atoms with Crippen LogP contribution in [0.15, 0.2) is 42.5 Å². The molecule has 0 saturated carbocycles. The number of nitrogens with zero attached hydrogens (tertiary/aromatic N) is 1. The fourth-order valence-electron chi connectivity index (χ4n) is 4.96. The normalized spacial score (nSPS) is 25.8. The van der Waals surface area contributed by atoms with Crippen LogP contribution in [0.2, 0.25) is 0 Å². The van der Waals surface area contributed by atoms with Crippen LogP contribution in [0, 0.1) is 11.8 Å². The van der Waals surface area contributed by atoms with Crippen molar-refractivity contribution in [3.63, 3.8) is 0 Å². The minimum Gasteiger partial charge on any atom is -0.497 e. The quantitative estimate of drug-likeness (QED) is 0.488. The molecule has 180 valence electrons. The summed E-state index contributed by atoms with van der Waals surface area (Å²) in [4.78, 5) is 41.8. The maximum atomic E-state index is 13.8. The predicted octanol–water partition coefficient (Wildman–Crippen LogP) is 2.48. The van der Waals surface area contributed by atoms with E-state index in [4.69, 9.17) is 18.9 Å². The Morgan fingerprint density at radius 3 is 2.35 bits per heavy atom. The van der Waals surface area contributed by atoms with Gasteiger partial charge in [-0.05, 0) is 44.2 Å². The number of rotatable bonds is 7. The average molecular weight is 469 g/mol. The van der Waals surface area contributed by atoms with Gasteiger partial charge in [-0.2, -0.15) is 0 Å². The molecule has 0 unspecified atom stereocenters. The van der Waals surface area contributed by atoms with Crippen molar-refractivity contribution in [3.05, 3.63) is 48.0 Å². The zero-order valence-electron chi connectivity index (χ0n) is 19.8. The van der Waals surface area contributed by atoms with E-state index < -0.39 is 41.2 Å². The van der Waals surface area contributed by atoms with Crippen LogP contribution in [0.4, 0.5) is 5.69 Å². The van der Waals surface area contributed by atoms with Crippen molar-refractivity contribution >= 4 is 23.5 Å². The highest BCUT2D eigenvalue weighted by Crippen LogP contribution is 2.52. The van der Waals surface area contributed by atoms with E-state index in [-0.39, 0.29) is 6.61 Å². The highest BCUT2D eigenvalue weighted by molar-refractivity contribution is 6.24. The lowest BCUT2D eigenvalue weighted by molar-refractivity contribution is -0.153. The van der Waals surface area contributed by atoms with E-state index in [0.29, 0.717) is 28.5 Å². The lowest BCUT2D eigenvalue weighted by atomic mass is 9.80. The second-order valence-electron chi connectivity index (χ2n) is 8.37. The third kappa shape index (κ3) is 3.56. The van der Waals surface area contributed by atoms with E-state index in [1.165, 1.54) is 21.3 Å². The van der Waals surface area contributed by atoms with Crippen LogP contribution < -0.4 is 24.4 Å². The molecule has 1 N–H and O–H groups in total. The van der Waals surface area contributed by atoms with Crippen molar-refractivity contribution in [2.24, 2.45) is 11.8 Å². The number of carbonyl (C=O) groups is 3. The summed E-state index contributed by atoms with van der Waals surface area (Å²) in [5.74, 6) is -1.77. The Morgan fingerprint density at radius 1 is 1.00 bits per heavy atom. The second kappa shape index (κ2) is 8.98. The van der Waals surface area contributed by atoms with E-state index in [9.17, 15) is 14.4 Å². The monoisotopic (exact) mass is 468 g/mol. The van der Waals surface area contributed by atoms with Crippen LogP contribution >= 0.6 is 0 Å². The number of ether oxygens (including phenoxy) is 4. The Kier molecular flexibility index (Phi) is 6.22. The molecule has 2 aromatic carbocycles. The third-order valence-electron chi connectivity index (χ3n) is 6.57. The van der Waals surface area contributed by atoms with Crippen molar-refractivity contribution in [1.29, 1.82) is 0 Å². The minimum absolute atomic E-state index is 0.141. The molecule has 0 aliphatic carbocycles. The Hall–Kier alpha value is -3.59. The van der Waals surface area contributed by atoms with Gasteiger partial charge in [0.15, 0.2) is 0 Å². The highest BCUT2D eigenvalue weighted by atomic mass is 16.5. The molecule has 4 atom stereocenters. The van der Waals surface area contributed by atoms with Crippen LogP contribution in [0.25, 0.3) is 0 Å². The standard InChI is InChI=1S/C25H28N2O7/c1-6-34-24(30)25(2)20-19(21(26-25)17-13-16(32-4)10-11-18(17)33-5)22(28)27(23(20)29)14-8-7-9-15(12-14)31-3/h7-13,19-21,26H,6H2,1-5H3/t19-,20+,21-,25-/m0/s1. The first-order chi connectivity index (χ1) is 16.3. The number of hydrogen-bond acceptors (Lipinski definition) is 8. The van der Waals surface area contributed by atoms with Gasteiger partial charge in [0.2, 0.25) is 11.8 Å². The minimum atomic E-state index is -1.43. The number of amides is 2. The summed E-state index contributed by atoms with van der Waals surface area (Å²) in [5.41, 5.74) is -0.440. The van der Waals surface area contributed by atoms with Crippen LogP contribution in [0.1, 0.15) is 25.5 Å². The fraction of sp³-hybridized carbons (Fsp3) is 0.400. The maximum absolute atomic E-state index is 13.8. The lowest BCUT2D eigenvalue weighted by Gasteiger charge is -2.29. The number of anilines is 1. The van der Waals surface area contributed by atoms with Crippen molar-refractivity contribution in [3.8, 4) is 17.2 Å². The van der Waals surface area contributed by atoms with E-state index in [0.717, 1.165) is 4.90 Å². The van der Waals surface area contributed by atoms with Crippen molar-refractivity contribution in [2.45, 2.75) is 25.4 Å². The SMILES string of the molecule is CCOC(=O)[C@@]1(C)N[C@@H](c2cc(OC)ccc2OC)[C@H]2C(=O)N(c3cccc(OC)c3)C(=O)[C@@H]21.